The quantitative estimate of drug-likeness (QED) is 0.786. The first-order valence-corrected chi connectivity index (χ1v) is 6.67. The van der Waals surface area contributed by atoms with Gasteiger partial charge in [-0.2, -0.15) is 5.10 Å². The van der Waals surface area contributed by atoms with Gasteiger partial charge in [0.1, 0.15) is 5.82 Å². The first kappa shape index (κ1) is 12.5. The molecule has 1 heterocycles. The van der Waals surface area contributed by atoms with E-state index < -0.39 is 0 Å². The Labute approximate surface area is 118 Å². The molecule has 0 amide bonds. The second-order valence-corrected chi connectivity index (χ2v) is 4.91. The largest absolute Gasteiger partial charge is 0.384 e. The molecular formula is C17H17N3. The van der Waals surface area contributed by atoms with Crippen molar-refractivity contribution < 1.29 is 0 Å². The molecule has 0 atom stereocenters. The van der Waals surface area contributed by atoms with Gasteiger partial charge in [-0.05, 0) is 18.1 Å². The van der Waals surface area contributed by atoms with E-state index in [-0.39, 0.29) is 0 Å². The fraction of sp³-hybridized carbons (Fsp3) is 0.118. The van der Waals surface area contributed by atoms with Crippen molar-refractivity contribution in [2.75, 3.05) is 5.73 Å². The molecule has 0 saturated carbocycles. The molecule has 3 rings (SSSR count). The average molecular weight is 263 g/mol. The molecule has 0 unspecified atom stereocenters. The van der Waals surface area contributed by atoms with E-state index in [9.17, 15) is 0 Å². The molecule has 3 heteroatoms. The van der Waals surface area contributed by atoms with Gasteiger partial charge in [-0.1, -0.05) is 54.6 Å². The summed E-state index contributed by atoms with van der Waals surface area (Å²) in [4.78, 5) is 0. The van der Waals surface area contributed by atoms with Gasteiger partial charge in [-0.25, -0.2) is 4.68 Å². The van der Waals surface area contributed by atoms with Crippen molar-refractivity contribution in [1.82, 2.24) is 9.78 Å². The number of aryl methyl sites for hydroxylation is 1. The fourth-order valence-corrected chi connectivity index (χ4v) is 2.31. The zero-order chi connectivity index (χ0) is 13.9. The first-order valence-electron chi connectivity index (χ1n) is 6.67. The molecule has 0 aliphatic carbocycles. The van der Waals surface area contributed by atoms with E-state index in [1.807, 2.05) is 41.1 Å². The second-order valence-electron chi connectivity index (χ2n) is 4.91. The van der Waals surface area contributed by atoms with Crippen LogP contribution in [0, 0.1) is 6.92 Å². The minimum atomic E-state index is 0.687. The van der Waals surface area contributed by atoms with Gasteiger partial charge in [-0.3, -0.25) is 0 Å². The van der Waals surface area contributed by atoms with Crippen LogP contribution in [0.15, 0.2) is 60.7 Å². The van der Waals surface area contributed by atoms with Gasteiger partial charge < -0.3 is 5.73 Å². The normalized spacial score (nSPS) is 10.7. The number of nitrogens with zero attached hydrogens (tertiary/aromatic N) is 2. The van der Waals surface area contributed by atoms with Crippen molar-refractivity contribution >= 4 is 5.82 Å². The molecule has 100 valence electrons. The zero-order valence-corrected chi connectivity index (χ0v) is 11.5. The van der Waals surface area contributed by atoms with Gasteiger partial charge >= 0.3 is 0 Å². The predicted octanol–water partition coefficient (Wildman–Crippen LogP) is 3.49. The van der Waals surface area contributed by atoms with Crippen LogP contribution in [-0.2, 0) is 6.54 Å². The Kier molecular flexibility index (Phi) is 3.25. The summed E-state index contributed by atoms with van der Waals surface area (Å²) in [6.07, 6.45) is 0. The van der Waals surface area contributed by atoms with E-state index in [1.54, 1.807) is 0 Å². The summed E-state index contributed by atoms with van der Waals surface area (Å²) >= 11 is 0. The van der Waals surface area contributed by atoms with E-state index in [4.69, 9.17) is 5.73 Å². The lowest BCUT2D eigenvalue weighted by atomic mass is 10.1. The van der Waals surface area contributed by atoms with Crippen molar-refractivity contribution in [3.63, 3.8) is 0 Å². The Hall–Kier alpha value is -2.55. The maximum atomic E-state index is 6.08. The number of hydrogen-bond acceptors (Lipinski definition) is 2. The Bertz CT molecular complexity index is 714. The molecule has 0 saturated heterocycles. The third-order valence-corrected chi connectivity index (χ3v) is 3.41. The number of nitrogens with two attached hydrogens (primary N) is 1. The highest BCUT2D eigenvalue weighted by Crippen LogP contribution is 2.24. The smallest absolute Gasteiger partial charge is 0.122 e. The fourth-order valence-electron chi connectivity index (χ4n) is 2.31. The zero-order valence-electron chi connectivity index (χ0n) is 11.5. The van der Waals surface area contributed by atoms with Crippen LogP contribution in [0.2, 0.25) is 0 Å². The van der Waals surface area contributed by atoms with Gasteiger partial charge in [0.25, 0.3) is 0 Å². The molecule has 0 aliphatic heterocycles. The number of rotatable bonds is 3. The minimum Gasteiger partial charge on any atom is -0.384 e. The lowest BCUT2D eigenvalue weighted by molar-refractivity contribution is 0.699. The predicted molar refractivity (Wildman–Crippen MR) is 82.4 cm³/mol. The maximum absolute atomic E-state index is 6.08. The molecule has 0 radical (unpaired) electrons. The Morgan fingerprint density at radius 3 is 2.45 bits per heavy atom. The maximum Gasteiger partial charge on any atom is 0.122 e. The Balaban J connectivity index is 1.94. The van der Waals surface area contributed by atoms with Crippen LogP contribution in [0.1, 0.15) is 11.1 Å². The SMILES string of the molecule is Cc1ccccc1-c1cc(N)n(Cc2ccccc2)n1. The van der Waals surface area contributed by atoms with Gasteiger partial charge in [0.15, 0.2) is 0 Å². The molecule has 0 fully saturated rings. The van der Waals surface area contributed by atoms with Crippen LogP contribution in [0.4, 0.5) is 5.82 Å². The van der Waals surface area contributed by atoms with Crippen LogP contribution in [-0.4, -0.2) is 9.78 Å². The number of nitrogen functional groups attached to an aromatic ring is 1. The van der Waals surface area contributed by atoms with E-state index in [0.29, 0.717) is 12.4 Å². The summed E-state index contributed by atoms with van der Waals surface area (Å²) in [6.45, 7) is 2.78. The van der Waals surface area contributed by atoms with Crippen molar-refractivity contribution in [3.05, 3.63) is 71.8 Å². The second kappa shape index (κ2) is 5.21. The molecule has 2 aromatic carbocycles. The topological polar surface area (TPSA) is 43.8 Å². The van der Waals surface area contributed by atoms with E-state index >= 15 is 0 Å². The Morgan fingerprint density at radius 1 is 1.00 bits per heavy atom. The standard InChI is InChI=1S/C17H17N3/c1-13-7-5-6-10-15(13)16-11-17(18)20(19-16)12-14-8-3-2-4-9-14/h2-11H,12,18H2,1H3. The summed E-state index contributed by atoms with van der Waals surface area (Å²) in [5.41, 5.74) is 10.5. The molecule has 0 bridgehead atoms. The van der Waals surface area contributed by atoms with E-state index in [2.05, 4.69) is 36.3 Å². The van der Waals surface area contributed by atoms with Crippen molar-refractivity contribution in [1.29, 1.82) is 0 Å². The molecule has 3 aromatic rings. The number of anilines is 1. The average Bonchev–Trinajstić information content (AvgIpc) is 2.81. The molecule has 2 N–H and O–H groups in total. The highest BCUT2D eigenvalue weighted by Gasteiger charge is 2.09. The highest BCUT2D eigenvalue weighted by molar-refractivity contribution is 5.65. The van der Waals surface area contributed by atoms with Gasteiger partial charge in [-0.15, -0.1) is 0 Å². The lowest BCUT2D eigenvalue weighted by Gasteiger charge is -2.04. The minimum absolute atomic E-state index is 0.687. The molecular weight excluding hydrogens is 246 g/mol. The first-order chi connectivity index (χ1) is 9.74. The van der Waals surface area contributed by atoms with Crippen LogP contribution < -0.4 is 5.73 Å². The molecule has 20 heavy (non-hydrogen) atoms. The number of aromatic nitrogens is 2. The van der Waals surface area contributed by atoms with Crippen LogP contribution in [0.3, 0.4) is 0 Å². The number of benzene rings is 2. The third kappa shape index (κ3) is 2.43. The summed E-state index contributed by atoms with van der Waals surface area (Å²) < 4.78 is 1.84. The molecule has 1 aromatic heterocycles. The van der Waals surface area contributed by atoms with E-state index in [1.165, 1.54) is 11.1 Å². The summed E-state index contributed by atoms with van der Waals surface area (Å²) in [5.74, 6) is 0.687. The van der Waals surface area contributed by atoms with Crippen molar-refractivity contribution in [2.45, 2.75) is 13.5 Å². The summed E-state index contributed by atoms with van der Waals surface area (Å²) in [7, 11) is 0. The molecule has 0 spiro atoms. The van der Waals surface area contributed by atoms with Crippen molar-refractivity contribution in [2.24, 2.45) is 0 Å². The third-order valence-electron chi connectivity index (χ3n) is 3.41. The van der Waals surface area contributed by atoms with Crippen LogP contribution in [0.25, 0.3) is 11.3 Å². The van der Waals surface area contributed by atoms with Crippen LogP contribution in [0.5, 0.6) is 0 Å². The van der Waals surface area contributed by atoms with Crippen LogP contribution >= 0.6 is 0 Å². The highest BCUT2D eigenvalue weighted by atomic mass is 15.3. The summed E-state index contributed by atoms with van der Waals surface area (Å²) in [6, 6.07) is 20.4. The molecule has 3 nitrogen and oxygen atoms in total. The summed E-state index contributed by atoms with van der Waals surface area (Å²) in [5, 5.41) is 4.63. The molecule has 0 aliphatic rings. The van der Waals surface area contributed by atoms with Gasteiger partial charge in [0.2, 0.25) is 0 Å². The monoisotopic (exact) mass is 263 g/mol. The van der Waals surface area contributed by atoms with Gasteiger partial charge in [0, 0.05) is 11.6 Å². The van der Waals surface area contributed by atoms with Gasteiger partial charge in [0.05, 0.1) is 12.2 Å². The van der Waals surface area contributed by atoms with Crippen molar-refractivity contribution in [3.8, 4) is 11.3 Å². The Morgan fingerprint density at radius 2 is 1.70 bits per heavy atom. The number of hydrogen-bond donors (Lipinski definition) is 1. The lowest BCUT2D eigenvalue weighted by Crippen LogP contribution is -2.05. The van der Waals surface area contributed by atoms with E-state index in [0.717, 1.165) is 11.3 Å².